The number of aromatic nitrogens is 1. The first kappa shape index (κ1) is 22.4. The predicted molar refractivity (Wildman–Crippen MR) is 114 cm³/mol. The Kier molecular flexibility index (Phi) is 6.08. The Morgan fingerprint density at radius 2 is 1.67 bits per heavy atom. The Labute approximate surface area is 186 Å². The normalized spacial score (nSPS) is 14.8. The minimum atomic E-state index is -4.89. The molecular formula is C23H20F3N3O4. The summed E-state index contributed by atoms with van der Waals surface area (Å²) in [6, 6.07) is 14.6. The van der Waals surface area contributed by atoms with Gasteiger partial charge in [-0.1, -0.05) is 18.2 Å². The Hall–Kier alpha value is -3.82. The van der Waals surface area contributed by atoms with Gasteiger partial charge in [0.25, 0.3) is 5.91 Å². The number of rotatable bonds is 5. The number of oxazole rings is 1. The molecule has 2 aromatic carbocycles. The van der Waals surface area contributed by atoms with Crippen LogP contribution in [-0.4, -0.2) is 35.1 Å². The van der Waals surface area contributed by atoms with Crippen molar-refractivity contribution in [1.82, 2.24) is 4.98 Å². The number of alkyl halides is 3. The van der Waals surface area contributed by atoms with E-state index in [4.69, 9.17) is 9.52 Å². The molecule has 1 amide bonds. The summed E-state index contributed by atoms with van der Waals surface area (Å²) in [5, 5.41) is 11.5. The number of carboxylic acids is 1. The number of carboxylic acid groups (broad SMARTS) is 1. The number of carbonyl (C=O) groups excluding carboxylic acids is 1. The van der Waals surface area contributed by atoms with E-state index in [9.17, 15) is 22.8 Å². The maximum absolute atomic E-state index is 13.5. The first-order chi connectivity index (χ1) is 15.7. The average molecular weight is 459 g/mol. The van der Waals surface area contributed by atoms with E-state index in [0.717, 1.165) is 5.69 Å². The zero-order valence-electron chi connectivity index (χ0n) is 17.3. The fraction of sp³-hybridized carbons (Fsp3) is 0.261. The van der Waals surface area contributed by atoms with Crippen LogP contribution in [0, 0.1) is 5.92 Å². The largest absolute Gasteiger partial charge is 0.481 e. The fourth-order valence-corrected chi connectivity index (χ4v) is 3.70. The highest BCUT2D eigenvalue weighted by Crippen LogP contribution is 2.35. The van der Waals surface area contributed by atoms with Crippen LogP contribution in [0.5, 0.6) is 0 Å². The lowest BCUT2D eigenvalue weighted by molar-refractivity contribution is -0.153. The molecule has 0 aliphatic carbocycles. The number of hydrogen-bond acceptors (Lipinski definition) is 5. The van der Waals surface area contributed by atoms with Crippen molar-refractivity contribution in [3.05, 3.63) is 66.1 Å². The van der Waals surface area contributed by atoms with Crippen LogP contribution in [0.1, 0.15) is 29.1 Å². The van der Waals surface area contributed by atoms with Gasteiger partial charge in [0.1, 0.15) is 0 Å². The van der Waals surface area contributed by atoms with Gasteiger partial charge in [-0.2, -0.15) is 13.2 Å². The van der Waals surface area contributed by atoms with E-state index in [2.05, 4.69) is 10.3 Å². The molecule has 1 saturated heterocycles. The zero-order valence-corrected chi connectivity index (χ0v) is 17.3. The molecule has 4 rings (SSSR count). The summed E-state index contributed by atoms with van der Waals surface area (Å²) >= 11 is 0. The second kappa shape index (κ2) is 8.97. The van der Waals surface area contributed by atoms with Crippen LogP contribution in [0.2, 0.25) is 0 Å². The molecule has 0 radical (unpaired) electrons. The Bertz CT molecular complexity index is 1140. The van der Waals surface area contributed by atoms with Crippen molar-refractivity contribution in [2.75, 3.05) is 23.3 Å². The Morgan fingerprint density at radius 1 is 1.03 bits per heavy atom. The van der Waals surface area contributed by atoms with Crippen LogP contribution in [0.3, 0.4) is 0 Å². The molecule has 0 atom stereocenters. The van der Waals surface area contributed by atoms with Gasteiger partial charge in [0.15, 0.2) is 5.69 Å². The summed E-state index contributed by atoms with van der Waals surface area (Å²) < 4.78 is 45.3. The third kappa shape index (κ3) is 5.00. The quantitative estimate of drug-likeness (QED) is 0.563. The van der Waals surface area contributed by atoms with E-state index < -0.39 is 29.5 Å². The molecule has 0 spiro atoms. The number of carbonyl (C=O) groups is 2. The highest BCUT2D eigenvalue weighted by Gasteiger charge is 2.42. The summed E-state index contributed by atoms with van der Waals surface area (Å²) in [7, 11) is 0. The number of halogens is 3. The number of nitrogens with zero attached hydrogens (tertiary/aromatic N) is 2. The van der Waals surface area contributed by atoms with E-state index in [0.29, 0.717) is 37.2 Å². The summed E-state index contributed by atoms with van der Waals surface area (Å²) in [6.45, 7) is 1.16. The van der Waals surface area contributed by atoms with E-state index in [-0.39, 0.29) is 11.8 Å². The lowest BCUT2D eigenvalue weighted by Gasteiger charge is -2.32. The summed E-state index contributed by atoms with van der Waals surface area (Å²) in [6.07, 6.45) is -3.83. The molecule has 172 valence electrons. The molecular weight excluding hydrogens is 439 g/mol. The first-order valence-corrected chi connectivity index (χ1v) is 10.2. The molecule has 1 aliphatic heterocycles. The number of nitrogens with one attached hydrogen (secondary N) is 1. The van der Waals surface area contributed by atoms with Crippen LogP contribution < -0.4 is 10.2 Å². The average Bonchev–Trinajstić information content (AvgIpc) is 3.27. The van der Waals surface area contributed by atoms with Crippen LogP contribution in [0.25, 0.3) is 11.5 Å². The molecule has 0 bridgehead atoms. The van der Waals surface area contributed by atoms with Crippen molar-refractivity contribution in [3.8, 4) is 11.5 Å². The maximum atomic E-state index is 13.5. The van der Waals surface area contributed by atoms with Crippen LogP contribution >= 0.6 is 0 Å². The number of hydrogen-bond donors (Lipinski definition) is 2. The molecule has 7 nitrogen and oxygen atoms in total. The van der Waals surface area contributed by atoms with Gasteiger partial charge in [-0.05, 0) is 49.2 Å². The van der Waals surface area contributed by atoms with Crippen molar-refractivity contribution in [1.29, 1.82) is 0 Å². The van der Waals surface area contributed by atoms with Crippen LogP contribution in [0.4, 0.5) is 24.5 Å². The molecule has 10 heteroatoms. The second-order valence-electron chi connectivity index (χ2n) is 7.66. The lowest BCUT2D eigenvalue weighted by Crippen LogP contribution is -2.36. The smallest absolute Gasteiger partial charge is 0.452 e. The highest BCUT2D eigenvalue weighted by molar-refractivity contribution is 6.04. The van der Waals surface area contributed by atoms with E-state index in [1.54, 1.807) is 42.5 Å². The Morgan fingerprint density at radius 3 is 2.24 bits per heavy atom. The monoisotopic (exact) mass is 459 g/mol. The maximum Gasteiger partial charge on any atom is 0.452 e. The van der Waals surface area contributed by atoms with Crippen molar-refractivity contribution >= 4 is 23.3 Å². The first-order valence-electron chi connectivity index (χ1n) is 10.2. The second-order valence-corrected chi connectivity index (χ2v) is 7.66. The van der Waals surface area contributed by atoms with Gasteiger partial charge in [0.05, 0.1) is 5.92 Å². The molecule has 1 aromatic heterocycles. The summed E-state index contributed by atoms with van der Waals surface area (Å²) in [5.41, 5.74) is 0.599. The summed E-state index contributed by atoms with van der Waals surface area (Å²) in [4.78, 5) is 29.5. The fourth-order valence-electron chi connectivity index (χ4n) is 3.70. The molecule has 0 saturated carbocycles. The van der Waals surface area contributed by atoms with Gasteiger partial charge in [-0.25, -0.2) is 4.98 Å². The van der Waals surface area contributed by atoms with Gasteiger partial charge < -0.3 is 19.7 Å². The lowest BCUT2D eigenvalue weighted by atomic mass is 9.97. The minimum Gasteiger partial charge on any atom is -0.481 e. The van der Waals surface area contributed by atoms with Crippen molar-refractivity contribution in [2.24, 2.45) is 5.92 Å². The van der Waals surface area contributed by atoms with Gasteiger partial charge >= 0.3 is 12.1 Å². The molecule has 33 heavy (non-hydrogen) atoms. The number of benzene rings is 2. The summed E-state index contributed by atoms with van der Waals surface area (Å²) in [5.74, 6) is -3.95. The molecule has 0 unspecified atom stereocenters. The van der Waals surface area contributed by atoms with E-state index >= 15 is 0 Å². The van der Waals surface area contributed by atoms with Gasteiger partial charge in [-0.15, -0.1) is 0 Å². The number of amides is 1. The predicted octanol–water partition coefficient (Wildman–Crippen LogP) is 4.91. The van der Waals surface area contributed by atoms with Gasteiger partial charge in [0.2, 0.25) is 11.7 Å². The number of piperidine rings is 1. The van der Waals surface area contributed by atoms with Crippen molar-refractivity contribution in [2.45, 2.75) is 19.0 Å². The van der Waals surface area contributed by atoms with E-state index in [1.165, 1.54) is 12.1 Å². The molecule has 1 aliphatic rings. The molecule has 3 aromatic rings. The van der Waals surface area contributed by atoms with Crippen LogP contribution in [0.15, 0.2) is 59.0 Å². The standard InChI is InChI=1S/C23H20F3N3O4/c24-23(25,26)19-18(28-21(33-19)14-4-2-1-3-5-14)20(30)27-16-6-8-17(9-7-16)29-12-10-15(11-13-29)22(31)32/h1-9,15H,10-13H2,(H,27,30)(H,31,32). The van der Waals surface area contributed by atoms with Gasteiger partial charge in [0, 0.05) is 30.0 Å². The number of anilines is 2. The highest BCUT2D eigenvalue weighted by atomic mass is 19.4. The third-order valence-corrected chi connectivity index (χ3v) is 5.45. The van der Waals surface area contributed by atoms with E-state index in [1.807, 2.05) is 4.90 Å². The SMILES string of the molecule is O=C(Nc1ccc(N2CCC(C(=O)O)CC2)cc1)c1nc(-c2ccccc2)oc1C(F)(F)F. The van der Waals surface area contributed by atoms with Crippen molar-refractivity contribution in [3.63, 3.8) is 0 Å². The van der Waals surface area contributed by atoms with Crippen molar-refractivity contribution < 1.29 is 32.3 Å². The van der Waals surface area contributed by atoms with Crippen LogP contribution in [-0.2, 0) is 11.0 Å². The molecule has 2 N–H and O–H groups in total. The Balaban J connectivity index is 1.49. The number of aliphatic carboxylic acids is 1. The third-order valence-electron chi connectivity index (χ3n) is 5.45. The van der Waals surface area contributed by atoms with Gasteiger partial charge in [-0.3, -0.25) is 9.59 Å². The zero-order chi connectivity index (χ0) is 23.6. The molecule has 2 heterocycles. The topological polar surface area (TPSA) is 95.7 Å². The molecule has 1 fully saturated rings. The minimum absolute atomic E-state index is 0.293.